The van der Waals surface area contributed by atoms with E-state index in [9.17, 15) is 4.79 Å². The maximum Gasteiger partial charge on any atom is 0.227 e. The summed E-state index contributed by atoms with van der Waals surface area (Å²) in [7, 11) is 0. The molecule has 0 aliphatic carbocycles. The highest BCUT2D eigenvalue weighted by atomic mass is 16.6. The van der Waals surface area contributed by atoms with Gasteiger partial charge in [0.05, 0.1) is 13.0 Å². The Bertz CT molecular complexity index is 714. The van der Waals surface area contributed by atoms with Crippen LogP contribution in [0, 0.1) is 6.92 Å². The van der Waals surface area contributed by atoms with Crippen LogP contribution in [-0.4, -0.2) is 36.6 Å². The summed E-state index contributed by atoms with van der Waals surface area (Å²) in [5.74, 6) is 1.63. The second-order valence-electron chi connectivity index (χ2n) is 6.03. The van der Waals surface area contributed by atoms with E-state index in [1.165, 1.54) is 0 Å². The van der Waals surface area contributed by atoms with Crippen LogP contribution in [0.2, 0.25) is 0 Å². The Morgan fingerprint density at radius 2 is 1.83 bits per heavy atom. The summed E-state index contributed by atoms with van der Waals surface area (Å²) in [6.45, 7) is 5.69. The second kappa shape index (κ2) is 7.39. The molecule has 126 valence electrons. The number of para-hydroxylation sites is 2. The zero-order valence-electron chi connectivity index (χ0n) is 14.2. The minimum Gasteiger partial charge on any atom is -0.486 e. The smallest absolute Gasteiger partial charge is 0.227 e. The summed E-state index contributed by atoms with van der Waals surface area (Å²) >= 11 is 0. The van der Waals surface area contributed by atoms with Gasteiger partial charge >= 0.3 is 0 Å². The van der Waals surface area contributed by atoms with Gasteiger partial charge in [0.1, 0.15) is 6.61 Å². The molecule has 1 aliphatic heterocycles. The van der Waals surface area contributed by atoms with E-state index in [0.717, 1.165) is 22.6 Å². The predicted octanol–water partition coefficient (Wildman–Crippen LogP) is 3.23. The molecule has 0 bridgehead atoms. The van der Waals surface area contributed by atoms with Crippen molar-refractivity contribution in [2.45, 2.75) is 26.4 Å². The Hall–Kier alpha value is -2.49. The second-order valence-corrected chi connectivity index (χ2v) is 6.03. The maximum atomic E-state index is 12.6. The van der Waals surface area contributed by atoms with E-state index in [4.69, 9.17) is 9.47 Å². The molecule has 1 unspecified atom stereocenters. The van der Waals surface area contributed by atoms with E-state index in [2.05, 4.69) is 0 Å². The first-order valence-corrected chi connectivity index (χ1v) is 8.38. The molecule has 24 heavy (non-hydrogen) atoms. The fourth-order valence-corrected chi connectivity index (χ4v) is 2.89. The third kappa shape index (κ3) is 3.70. The van der Waals surface area contributed by atoms with Crippen LogP contribution in [0.1, 0.15) is 18.1 Å². The Kier molecular flexibility index (Phi) is 5.04. The molecule has 1 heterocycles. The molecule has 1 atom stereocenters. The molecule has 0 N–H and O–H groups in total. The fourth-order valence-electron chi connectivity index (χ4n) is 2.89. The summed E-state index contributed by atoms with van der Waals surface area (Å²) in [5.41, 5.74) is 2.22. The van der Waals surface area contributed by atoms with E-state index in [0.29, 0.717) is 26.1 Å². The van der Waals surface area contributed by atoms with Gasteiger partial charge in [0.15, 0.2) is 17.6 Å². The number of fused-ring (bicyclic) bond motifs is 1. The van der Waals surface area contributed by atoms with Gasteiger partial charge in [0.25, 0.3) is 0 Å². The van der Waals surface area contributed by atoms with E-state index >= 15 is 0 Å². The molecule has 0 spiro atoms. The molecule has 2 aromatic rings. The molecule has 3 rings (SSSR count). The lowest BCUT2D eigenvalue weighted by molar-refractivity contribution is -0.131. The number of nitrogens with zero attached hydrogens (tertiary/aromatic N) is 1. The fraction of sp³-hybridized carbons (Fsp3) is 0.350. The SMILES string of the molecule is CCN(CC1COc2ccccc2O1)C(=O)Cc1ccccc1C. The van der Waals surface area contributed by atoms with Crippen molar-refractivity contribution in [2.75, 3.05) is 19.7 Å². The van der Waals surface area contributed by atoms with Crippen molar-refractivity contribution in [3.05, 3.63) is 59.7 Å². The van der Waals surface area contributed by atoms with Crippen LogP contribution in [0.4, 0.5) is 0 Å². The summed E-state index contributed by atoms with van der Waals surface area (Å²) < 4.78 is 11.7. The Labute approximate surface area is 143 Å². The number of likely N-dealkylation sites (N-methyl/N-ethyl adjacent to an activating group) is 1. The number of amides is 1. The lowest BCUT2D eigenvalue weighted by Gasteiger charge is -2.31. The molecule has 0 saturated heterocycles. The quantitative estimate of drug-likeness (QED) is 0.847. The highest BCUT2D eigenvalue weighted by Crippen LogP contribution is 2.31. The summed E-state index contributed by atoms with van der Waals surface area (Å²) in [5, 5.41) is 0. The number of carbonyl (C=O) groups excluding carboxylic acids is 1. The van der Waals surface area contributed by atoms with Crippen molar-refractivity contribution in [1.82, 2.24) is 4.90 Å². The van der Waals surface area contributed by atoms with Gasteiger partial charge in [-0.3, -0.25) is 4.79 Å². The van der Waals surface area contributed by atoms with Crippen molar-refractivity contribution in [1.29, 1.82) is 0 Å². The number of hydrogen-bond acceptors (Lipinski definition) is 3. The Balaban J connectivity index is 1.63. The monoisotopic (exact) mass is 325 g/mol. The Morgan fingerprint density at radius 3 is 2.58 bits per heavy atom. The van der Waals surface area contributed by atoms with Gasteiger partial charge in [-0.05, 0) is 37.1 Å². The van der Waals surface area contributed by atoms with Crippen LogP contribution in [0.5, 0.6) is 11.5 Å². The lowest BCUT2D eigenvalue weighted by atomic mass is 10.1. The van der Waals surface area contributed by atoms with Crippen molar-refractivity contribution >= 4 is 5.91 Å². The molecule has 1 aliphatic rings. The van der Waals surface area contributed by atoms with Gasteiger partial charge in [-0.1, -0.05) is 36.4 Å². The van der Waals surface area contributed by atoms with Crippen molar-refractivity contribution in [3.63, 3.8) is 0 Å². The zero-order valence-corrected chi connectivity index (χ0v) is 14.2. The number of rotatable bonds is 5. The van der Waals surface area contributed by atoms with Crippen molar-refractivity contribution < 1.29 is 14.3 Å². The number of hydrogen-bond donors (Lipinski definition) is 0. The predicted molar refractivity (Wildman–Crippen MR) is 93.5 cm³/mol. The van der Waals surface area contributed by atoms with Gasteiger partial charge in [0, 0.05) is 6.54 Å². The third-order valence-electron chi connectivity index (χ3n) is 4.33. The van der Waals surface area contributed by atoms with E-state index in [-0.39, 0.29) is 12.0 Å². The first kappa shape index (κ1) is 16.4. The summed E-state index contributed by atoms with van der Waals surface area (Å²) in [6.07, 6.45) is 0.283. The maximum absolute atomic E-state index is 12.6. The molecule has 0 fully saturated rings. The van der Waals surface area contributed by atoms with E-state index in [1.54, 1.807) is 0 Å². The highest BCUT2D eigenvalue weighted by molar-refractivity contribution is 5.79. The summed E-state index contributed by atoms with van der Waals surface area (Å²) in [4.78, 5) is 14.5. The van der Waals surface area contributed by atoms with E-state index < -0.39 is 0 Å². The van der Waals surface area contributed by atoms with Gasteiger partial charge in [-0.2, -0.15) is 0 Å². The van der Waals surface area contributed by atoms with E-state index in [1.807, 2.05) is 67.3 Å². The van der Waals surface area contributed by atoms with Crippen LogP contribution in [0.15, 0.2) is 48.5 Å². The molecule has 0 aromatic heterocycles. The van der Waals surface area contributed by atoms with Gasteiger partial charge in [0.2, 0.25) is 5.91 Å². The van der Waals surface area contributed by atoms with Crippen molar-refractivity contribution in [3.8, 4) is 11.5 Å². The van der Waals surface area contributed by atoms with Crippen LogP contribution in [-0.2, 0) is 11.2 Å². The molecule has 1 amide bonds. The normalized spacial score (nSPS) is 15.8. The third-order valence-corrected chi connectivity index (χ3v) is 4.33. The minimum atomic E-state index is -0.138. The average molecular weight is 325 g/mol. The molecule has 4 heteroatoms. The Morgan fingerprint density at radius 1 is 1.12 bits per heavy atom. The van der Waals surface area contributed by atoms with Crippen LogP contribution >= 0.6 is 0 Å². The largest absolute Gasteiger partial charge is 0.486 e. The number of aryl methyl sites for hydroxylation is 1. The van der Waals surface area contributed by atoms with Gasteiger partial charge in [-0.25, -0.2) is 0 Å². The number of benzene rings is 2. The first-order valence-electron chi connectivity index (χ1n) is 8.38. The average Bonchev–Trinajstić information content (AvgIpc) is 2.61. The van der Waals surface area contributed by atoms with Gasteiger partial charge in [-0.15, -0.1) is 0 Å². The molecule has 2 aromatic carbocycles. The highest BCUT2D eigenvalue weighted by Gasteiger charge is 2.24. The number of ether oxygens (including phenoxy) is 2. The lowest BCUT2D eigenvalue weighted by Crippen LogP contribution is -2.44. The number of carbonyl (C=O) groups is 1. The standard InChI is InChI=1S/C20H23NO3/c1-3-21(20(22)12-16-9-5-4-8-15(16)2)13-17-14-23-18-10-6-7-11-19(18)24-17/h4-11,17H,3,12-14H2,1-2H3. The molecular weight excluding hydrogens is 302 g/mol. The first-order chi connectivity index (χ1) is 11.7. The zero-order chi connectivity index (χ0) is 16.9. The summed E-state index contributed by atoms with van der Waals surface area (Å²) in [6, 6.07) is 15.6. The minimum absolute atomic E-state index is 0.120. The van der Waals surface area contributed by atoms with Gasteiger partial charge < -0.3 is 14.4 Å². The van der Waals surface area contributed by atoms with Crippen LogP contribution < -0.4 is 9.47 Å². The van der Waals surface area contributed by atoms with Crippen LogP contribution in [0.25, 0.3) is 0 Å². The molecular formula is C20H23NO3. The molecule has 0 saturated carbocycles. The topological polar surface area (TPSA) is 38.8 Å². The van der Waals surface area contributed by atoms with Crippen LogP contribution in [0.3, 0.4) is 0 Å². The molecule has 0 radical (unpaired) electrons. The molecule has 4 nitrogen and oxygen atoms in total. The van der Waals surface area contributed by atoms with Crippen molar-refractivity contribution in [2.24, 2.45) is 0 Å².